The van der Waals surface area contributed by atoms with E-state index in [0.29, 0.717) is 6.54 Å². The maximum Gasteiger partial charge on any atom is 0.234 e. The van der Waals surface area contributed by atoms with Crippen LogP contribution in [0.4, 0.5) is 0 Å². The molecule has 1 fully saturated rings. The Morgan fingerprint density at radius 1 is 1.19 bits per heavy atom. The van der Waals surface area contributed by atoms with Gasteiger partial charge in [0.25, 0.3) is 0 Å². The minimum Gasteiger partial charge on any atom is -0.467 e. The molecule has 1 aliphatic rings. The highest BCUT2D eigenvalue weighted by Crippen LogP contribution is 2.16. The molecule has 6 nitrogen and oxygen atoms in total. The van der Waals surface area contributed by atoms with E-state index in [0.717, 1.165) is 38.6 Å². The zero-order chi connectivity index (χ0) is 18.2. The monoisotopic (exact) mass is 357 g/mol. The lowest BCUT2D eigenvalue weighted by atomic mass is 10.0. The number of nitrogens with zero attached hydrogens (tertiary/aromatic N) is 1. The minimum atomic E-state index is -0.0412. The zero-order valence-electron chi connectivity index (χ0n) is 15.2. The van der Waals surface area contributed by atoms with E-state index in [9.17, 15) is 4.79 Å². The van der Waals surface area contributed by atoms with Crippen molar-refractivity contribution in [1.29, 1.82) is 0 Å². The van der Waals surface area contributed by atoms with Crippen molar-refractivity contribution in [1.82, 2.24) is 15.5 Å². The van der Waals surface area contributed by atoms with E-state index in [1.54, 1.807) is 6.26 Å². The number of morpholine rings is 1. The first-order valence-corrected chi connectivity index (χ1v) is 9.10. The zero-order valence-corrected chi connectivity index (χ0v) is 15.2. The van der Waals surface area contributed by atoms with E-state index in [1.165, 1.54) is 11.1 Å². The Morgan fingerprint density at radius 3 is 2.65 bits per heavy atom. The van der Waals surface area contributed by atoms with Crippen LogP contribution in [0.1, 0.15) is 22.9 Å². The third kappa shape index (κ3) is 5.69. The molecule has 0 saturated carbocycles. The van der Waals surface area contributed by atoms with Crippen molar-refractivity contribution < 1.29 is 13.9 Å². The second-order valence-corrected chi connectivity index (χ2v) is 6.61. The van der Waals surface area contributed by atoms with Gasteiger partial charge < -0.3 is 19.8 Å². The Hall–Kier alpha value is -2.15. The van der Waals surface area contributed by atoms with Crippen molar-refractivity contribution in [2.45, 2.75) is 19.5 Å². The molecule has 140 valence electrons. The van der Waals surface area contributed by atoms with Gasteiger partial charge in [0, 0.05) is 25.7 Å². The van der Waals surface area contributed by atoms with Gasteiger partial charge in [-0.05, 0) is 24.6 Å². The molecule has 6 heteroatoms. The van der Waals surface area contributed by atoms with Gasteiger partial charge in [0.1, 0.15) is 5.76 Å². The van der Waals surface area contributed by atoms with E-state index in [1.807, 2.05) is 12.1 Å². The summed E-state index contributed by atoms with van der Waals surface area (Å²) in [7, 11) is 0. The molecule has 1 saturated heterocycles. The third-order valence-corrected chi connectivity index (χ3v) is 4.57. The summed E-state index contributed by atoms with van der Waals surface area (Å²) >= 11 is 0. The van der Waals surface area contributed by atoms with Crippen LogP contribution in [-0.4, -0.2) is 50.2 Å². The largest absolute Gasteiger partial charge is 0.467 e. The van der Waals surface area contributed by atoms with Crippen molar-refractivity contribution in [3.05, 3.63) is 59.5 Å². The second kappa shape index (κ2) is 9.52. The number of nitrogens with one attached hydrogen (secondary N) is 2. The number of ether oxygens (including phenoxy) is 1. The maximum absolute atomic E-state index is 12.2. The highest BCUT2D eigenvalue weighted by atomic mass is 16.5. The smallest absolute Gasteiger partial charge is 0.234 e. The Bertz CT molecular complexity index is 664. The molecule has 1 amide bonds. The van der Waals surface area contributed by atoms with Crippen LogP contribution in [0.15, 0.2) is 47.1 Å². The lowest BCUT2D eigenvalue weighted by molar-refractivity contribution is -0.120. The molecular formula is C20H27N3O3. The summed E-state index contributed by atoms with van der Waals surface area (Å²) in [4.78, 5) is 14.5. The van der Waals surface area contributed by atoms with Gasteiger partial charge in [-0.3, -0.25) is 9.69 Å². The molecule has 2 aromatic rings. The number of amides is 1. The van der Waals surface area contributed by atoms with Gasteiger partial charge in [-0.2, -0.15) is 0 Å². The van der Waals surface area contributed by atoms with Crippen molar-refractivity contribution in [2.24, 2.45) is 0 Å². The molecule has 2 N–H and O–H groups in total. The summed E-state index contributed by atoms with van der Waals surface area (Å²) in [6.07, 6.45) is 1.61. The summed E-state index contributed by atoms with van der Waals surface area (Å²) in [5.41, 5.74) is 2.43. The number of benzene rings is 1. The quantitative estimate of drug-likeness (QED) is 0.755. The first kappa shape index (κ1) is 18.6. The Labute approximate surface area is 154 Å². The first-order chi connectivity index (χ1) is 12.7. The molecule has 0 radical (unpaired) electrons. The van der Waals surface area contributed by atoms with Crippen molar-refractivity contribution in [3.8, 4) is 0 Å². The summed E-state index contributed by atoms with van der Waals surface area (Å²) in [5, 5.41) is 6.28. The maximum atomic E-state index is 12.2. The van der Waals surface area contributed by atoms with Crippen LogP contribution < -0.4 is 10.6 Å². The van der Waals surface area contributed by atoms with Crippen LogP contribution in [0, 0.1) is 6.92 Å². The van der Waals surface area contributed by atoms with Gasteiger partial charge in [-0.1, -0.05) is 29.8 Å². The molecule has 1 aromatic carbocycles. The summed E-state index contributed by atoms with van der Waals surface area (Å²) < 4.78 is 10.7. The standard InChI is InChI=1S/C20H27N3O3/c1-16-4-6-17(7-5-16)19(15-23-8-11-25-12-9-23)21-14-20(24)22-13-18-3-2-10-26-18/h2-7,10,19,21H,8-9,11-15H2,1H3,(H,22,24)/t19-/m0/s1. The predicted molar refractivity (Wildman–Crippen MR) is 99.7 cm³/mol. The fourth-order valence-corrected chi connectivity index (χ4v) is 3.01. The van der Waals surface area contributed by atoms with Crippen LogP contribution in [0.2, 0.25) is 0 Å². The SMILES string of the molecule is Cc1ccc([C@H](CN2CCOCC2)NCC(=O)NCc2ccco2)cc1. The molecule has 0 unspecified atom stereocenters. The molecule has 0 aliphatic carbocycles. The minimum absolute atomic E-state index is 0.0412. The highest BCUT2D eigenvalue weighted by Gasteiger charge is 2.19. The lowest BCUT2D eigenvalue weighted by Crippen LogP contribution is -2.44. The second-order valence-electron chi connectivity index (χ2n) is 6.61. The predicted octanol–water partition coefficient (Wildman–Crippen LogP) is 1.87. The number of aryl methyl sites for hydroxylation is 1. The summed E-state index contributed by atoms with van der Waals surface area (Å²) in [6, 6.07) is 12.3. The van der Waals surface area contributed by atoms with Crippen molar-refractivity contribution in [3.63, 3.8) is 0 Å². The number of rotatable bonds is 8. The van der Waals surface area contributed by atoms with Crippen LogP contribution in [0.3, 0.4) is 0 Å². The molecule has 3 rings (SSSR count). The van der Waals surface area contributed by atoms with Gasteiger partial charge in [-0.25, -0.2) is 0 Å². The normalized spacial score (nSPS) is 16.3. The van der Waals surface area contributed by atoms with E-state index in [-0.39, 0.29) is 18.5 Å². The fraction of sp³-hybridized carbons (Fsp3) is 0.450. The average Bonchev–Trinajstić information content (AvgIpc) is 3.19. The molecule has 1 aliphatic heterocycles. The summed E-state index contributed by atoms with van der Waals surface area (Å²) in [6.45, 7) is 7.00. The topological polar surface area (TPSA) is 66.7 Å². The first-order valence-electron chi connectivity index (χ1n) is 9.10. The summed E-state index contributed by atoms with van der Waals surface area (Å²) in [5.74, 6) is 0.710. The van der Waals surface area contributed by atoms with Crippen LogP contribution in [0.25, 0.3) is 0 Å². The van der Waals surface area contributed by atoms with Gasteiger partial charge in [0.2, 0.25) is 5.91 Å². The Morgan fingerprint density at radius 2 is 1.96 bits per heavy atom. The molecular weight excluding hydrogens is 330 g/mol. The van der Waals surface area contributed by atoms with E-state index >= 15 is 0 Å². The van der Waals surface area contributed by atoms with Gasteiger partial charge >= 0.3 is 0 Å². The number of carbonyl (C=O) groups is 1. The molecule has 0 bridgehead atoms. The molecule has 26 heavy (non-hydrogen) atoms. The van der Waals surface area contributed by atoms with Crippen molar-refractivity contribution in [2.75, 3.05) is 39.4 Å². The van der Waals surface area contributed by atoms with Crippen molar-refractivity contribution >= 4 is 5.91 Å². The van der Waals surface area contributed by atoms with E-state index in [4.69, 9.17) is 9.15 Å². The average molecular weight is 357 g/mol. The lowest BCUT2D eigenvalue weighted by Gasteiger charge is -2.31. The fourth-order valence-electron chi connectivity index (χ4n) is 3.01. The Balaban J connectivity index is 1.55. The van der Waals surface area contributed by atoms with Gasteiger partial charge in [-0.15, -0.1) is 0 Å². The number of furan rings is 1. The van der Waals surface area contributed by atoms with Crippen LogP contribution in [-0.2, 0) is 16.1 Å². The molecule has 1 aromatic heterocycles. The van der Waals surface area contributed by atoms with Crippen LogP contribution in [0.5, 0.6) is 0 Å². The van der Waals surface area contributed by atoms with Gasteiger partial charge in [0.15, 0.2) is 0 Å². The Kier molecular flexibility index (Phi) is 6.82. The van der Waals surface area contributed by atoms with E-state index < -0.39 is 0 Å². The van der Waals surface area contributed by atoms with Crippen LogP contribution >= 0.6 is 0 Å². The van der Waals surface area contributed by atoms with Gasteiger partial charge in [0.05, 0.1) is 32.6 Å². The molecule has 1 atom stereocenters. The third-order valence-electron chi connectivity index (χ3n) is 4.57. The number of hydrogen-bond donors (Lipinski definition) is 2. The highest BCUT2D eigenvalue weighted by molar-refractivity contribution is 5.77. The number of hydrogen-bond acceptors (Lipinski definition) is 5. The number of carbonyl (C=O) groups excluding carboxylic acids is 1. The molecule has 2 heterocycles. The molecule has 0 spiro atoms. The van der Waals surface area contributed by atoms with E-state index in [2.05, 4.69) is 46.7 Å².